The predicted molar refractivity (Wildman–Crippen MR) is 67.3 cm³/mol. The fraction of sp³-hybridized carbons (Fsp3) is 0.917. The second kappa shape index (κ2) is 8.03. The highest BCUT2D eigenvalue weighted by molar-refractivity contribution is 7.99. The molecule has 2 nitrogen and oxygen atoms in total. The minimum atomic E-state index is -0.321. The summed E-state index contributed by atoms with van der Waals surface area (Å²) >= 11 is 1.97. The SMILES string of the molecule is CCCCCSC(C)CC(C)(C)OC=O. The number of thioether (sulfide) groups is 1. The molecule has 1 unspecified atom stereocenters. The van der Waals surface area contributed by atoms with Crippen LogP contribution in [-0.2, 0) is 9.53 Å². The van der Waals surface area contributed by atoms with E-state index in [1.165, 1.54) is 25.0 Å². The maximum absolute atomic E-state index is 10.3. The molecule has 0 aromatic heterocycles. The molecule has 0 N–H and O–H groups in total. The lowest BCUT2D eigenvalue weighted by Gasteiger charge is -2.25. The van der Waals surface area contributed by atoms with Crippen LogP contribution >= 0.6 is 11.8 Å². The number of ether oxygens (including phenoxy) is 1. The van der Waals surface area contributed by atoms with Gasteiger partial charge in [0.2, 0.25) is 0 Å². The molecule has 0 aromatic rings. The van der Waals surface area contributed by atoms with Gasteiger partial charge in [0.25, 0.3) is 6.47 Å². The first-order valence-electron chi connectivity index (χ1n) is 5.75. The van der Waals surface area contributed by atoms with Crippen LogP contribution in [0.5, 0.6) is 0 Å². The highest BCUT2D eigenvalue weighted by Gasteiger charge is 2.22. The van der Waals surface area contributed by atoms with Crippen LogP contribution in [0.1, 0.15) is 53.4 Å². The zero-order valence-corrected chi connectivity index (χ0v) is 11.2. The van der Waals surface area contributed by atoms with E-state index in [2.05, 4.69) is 13.8 Å². The Morgan fingerprint density at radius 3 is 2.60 bits per heavy atom. The van der Waals surface area contributed by atoms with Crippen LogP contribution in [0.15, 0.2) is 0 Å². The van der Waals surface area contributed by atoms with Gasteiger partial charge in [0.1, 0.15) is 5.60 Å². The lowest BCUT2D eigenvalue weighted by molar-refractivity contribution is -0.140. The molecular weight excluding hydrogens is 208 g/mol. The standard InChI is InChI=1S/C12H24O2S/c1-5-6-7-8-15-11(2)9-12(3,4)14-10-13/h10-11H,5-9H2,1-4H3. The summed E-state index contributed by atoms with van der Waals surface area (Å²) in [6, 6.07) is 0. The largest absolute Gasteiger partial charge is 0.462 e. The molecule has 0 fully saturated rings. The van der Waals surface area contributed by atoms with Crippen molar-refractivity contribution in [3.63, 3.8) is 0 Å². The van der Waals surface area contributed by atoms with E-state index < -0.39 is 0 Å². The Morgan fingerprint density at radius 2 is 2.07 bits per heavy atom. The molecule has 15 heavy (non-hydrogen) atoms. The highest BCUT2D eigenvalue weighted by Crippen LogP contribution is 2.24. The smallest absolute Gasteiger partial charge is 0.293 e. The van der Waals surface area contributed by atoms with Crippen molar-refractivity contribution >= 4 is 18.2 Å². The van der Waals surface area contributed by atoms with E-state index in [0.717, 1.165) is 6.42 Å². The first-order valence-corrected chi connectivity index (χ1v) is 6.79. The average Bonchev–Trinajstić information content (AvgIpc) is 2.11. The van der Waals surface area contributed by atoms with Crippen molar-refractivity contribution in [3.8, 4) is 0 Å². The summed E-state index contributed by atoms with van der Waals surface area (Å²) in [7, 11) is 0. The summed E-state index contributed by atoms with van der Waals surface area (Å²) in [4.78, 5) is 10.3. The van der Waals surface area contributed by atoms with Gasteiger partial charge in [-0.05, 0) is 32.4 Å². The van der Waals surface area contributed by atoms with Crippen LogP contribution in [-0.4, -0.2) is 23.1 Å². The van der Waals surface area contributed by atoms with Crippen molar-refractivity contribution in [2.24, 2.45) is 0 Å². The van der Waals surface area contributed by atoms with Crippen LogP contribution in [0, 0.1) is 0 Å². The van der Waals surface area contributed by atoms with E-state index in [1.807, 2.05) is 25.6 Å². The highest BCUT2D eigenvalue weighted by atomic mass is 32.2. The maximum Gasteiger partial charge on any atom is 0.293 e. The van der Waals surface area contributed by atoms with Crippen molar-refractivity contribution < 1.29 is 9.53 Å². The van der Waals surface area contributed by atoms with Crippen LogP contribution in [0.25, 0.3) is 0 Å². The first kappa shape index (κ1) is 14.8. The third-order valence-electron chi connectivity index (χ3n) is 2.30. The lowest BCUT2D eigenvalue weighted by Crippen LogP contribution is -2.27. The molecule has 0 aliphatic carbocycles. The molecule has 0 aromatic carbocycles. The van der Waals surface area contributed by atoms with E-state index in [4.69, 9.17) is 4.74 Å². The van der Waals surface area contributed by atoms with E-state index in [-0.39, 0.29) is 5.60 Å². The van der Waals surface area contributed by atoms with Gasteiger partial charge in [0, 0.05) is 5.25 Å². The molecule has 0 amide bonds. The van der Waals surface area contributed by atoms with Crippen LogP contribution < -0.4 is 0 Å². The first-order chi connectivity index (χ1) is 7.02. The molecule has 0 saturated carbocycles. The predicted octanol–water partition coefficient (Wildman–Crippen LogP) is 3.64. The molecular formula is C12H24O2S. The molecule has 0 saturated heterocycles. The van der Waals surface area contributed by atoms with E-state index >= 15 is 0 Å². The van der Waals surface area contributed by atoms with Crippen molar-refractivity contribution in [2.75, 3.05) is 5.75 Å². The fourth-order valence-corrected chi connectivity index (χ4v) is 2.86. The summed E-state index contributed by atoms with van der Waals surface area (Å²) in [5, 5.41) is 0.553. The molecule has 0 spiro atoms. The monoisotopic (exact) mass is 232 g/mol. The van der Waals surface area contributed by atoms with Gasteiger partial charge in [-0.3, -0.25) is 4.79 Å². The third-order valence-corrected chi connectivity index (χ3v) is 3.56. The minimum Gasteiger partial charge on any atom is -0.462 e. The van der Waals surface area contributed by atoms with Crippen molar-refractivity contribution in [3.05, 3.63) is 0 Å². The number of hydrogen-bond acceptors (Lipinski definition) is 3. The Kier molecular flexibility index (Phi) is 7.93. The fourth-order valence-electron chi connectivity index (χ4n) is 1.57. The lowest BCUT2D eigenvalue weighted by atomic mass is 10.0. The van der Waals surface area contributed by atoms with Gasteiger partial charge in [0.15, 0.2) is 0 Å². The topological polar surface area (TPSA) is 26.3 Å². The minimum absolute atomic E-state index is 0.321. The Morgan fingerprint density at radius 1 is 1.40 bits per heavy atom. The molecule has 0 aliphatic rings. The van der Waals surface area contributed by atoms with Gasteiger partial charge >= 0.3 is 0 Å². The van der Waals surface area contributed by atoms with Gasteiger partial charge < -0.3 is 4.74 Å². The quantitative estimate of drug-likeness (QED) is 0.448. The molecule has 3 heteroatoms. The number of unbranched alkanes of at least 4 members (excludes halogenated alkanes) is 2. The van der Waals surface area contributed by atoms with Gasteiger partial charge in [0.05, 0.1) is 0 Å². The Bertz CT molecular complexity index is 169. The summed E-state index contributed by atoms with van der Waals surface area (Å²) < 4.78 is 5.03. The number of carbonyl (C=O) groups excluding carboxylic acids is 1. The van der Waals surface area contributed by atoms with Crippen LogP contribution in [0.2, 0.25) is 0 Å². The number of carbonyl (C=O) groups is 1. The van der Waals surface area contributed by atoms with Gasteiger partial charge in [-0.25, -0.2) is 0 Å². The second-order valence-corrected chi connectivity index (χ2v) is 6.11. The summed E-state index contributed by atoms with van der Waals surface area (Å²) in [6.45, 7) is 8.89. The molecule has 0 aliphatic heterocycles. The van der Waals surface area contributed by atoms with Gasteiger partial charge in [-0.2, -0.15) is 11.8 Å². The normalized spacial score (nSPS) is 13.6. The Hall–Kier alpha value is -0.180. The van der Waals surface area contributed by atoms with E-state index in [9.17, 15) is 4.79 Å². The average molecular weight is 232 g/mol. The van der Waals surface area contributed by atoms with Crippen molar-refractivity contribution in [1.82, 2.24) is 0 Å². The molecule has 1 atom stereocenters. The van der Waals surface area contributed by atoms with Crippen molar-refractivity contribution in [1.29, 1.82) is 0 Å². The van der Waals surface area contributed by atoms with Crippen LogP contribution in [0.3, 0.4) is 0 Å². The molecule has 90 valence electrons. The zero-order valence-electron chi connectivity index (χ0n) is 10.4. The van der Waals surface area contributed by atoms with Crippen molar-refractivity contribution in [2.45, 2.75) is 64.2 Å². The number of hydrogen-bond donors (Lipinski definition) is 0. The van der Waals surface area contributed by atoms with E-state index in [0.29, 0.717) is 11.7 Å². The summed E-state index contributed by atoms with van der Waals surface area (Å²) in [5.74, 6) is 1.21. The molecule has 0 rings (SSSR count). The van der Waals surface area contributed by atoms with E-state index in [1.54, 1.807) is 0 Å². The molecule has 0 bridgehead atoms. The Labute approximate surface area is 98.2 Å². The van der Waals surface area contributed by atoms with Gasteiger partial charge in [-0.15, -0.1) is 0 Å². The number of rotatable bonds is 9. The summed E-state index contributed by atoms with van der Waals surface area (Å²) in [5.41, 5.74) is -0.321. The zero-order chi connectivity index (χ0) is 11.7. The van der Waals surface area contributed by atoms with Crippen LogP contribution in [0.4, 0.5) is 0 Å². The maximum atomic E-state index is 10.3. The molecule has 0 radical (unpaired) electrons. The molecule has 0 heterocycles. The second-order valence-electron chi connectivity index (χ2n) is 4.57. The Balaban J connectivity index is 3.62. The summed E-state index contributed by atoms with van der Waals surface area (Å²) in [6.07, 6.45) is 4.80. The third kappa shape index (κ3) is 8.79. The van der Waals surface area contributed by atoms with Gasteiger partial charge in [-0.1, -0.05) is 26.7 Å².